The lowest BCUT2D eigenvalue weighted by atomic mass is 9.95. The first-order chi connectivity index (χ1) is 10.6. The third-order valence-electron chi connectivity index (χ3n) is 3.66. The van der Waals surface area contributed by atoms with E-state index in [1.54, 1.807) is 24.3 Å². The Balaban J connectivity index is 1.97. The van der Waals surface area contributed by atoms with Crippen LogP contribution in [0.5, 0.6) is 17.2 Å². The number of phenolic OH excluding ortho intramolecular Hbond substituents is 1. The molecule has 1 atom stereocenters. The molecule has 2 aromatic rings. The van der Waals surface area contributed by atoms with Crippen molar-refractivity contribution < 1.29 is 24.2 Å². The average Bonchev–Trinajstić information content (AvgIpc) is 2.53. The highest BCUT2D eigenvalue weighted by molar-refractivity contribution is 6.00. The molecule has 2 aromatic carbocycles. The van der Waals surface area contributed by atoms with E-state index >= 15 is 0 Å². The van der Waals surface area contributed by atoms with Gasteiger partial charge >= 0.3 is 0 Å². The Morgan fingerprint density at radius 2 is 2.09 bits per heavy atom. The summed E-state index contributed by atoms with van der Waals surface area (Å²) < 4.78 is 10.9. The lowest BCUT2D eigenvalue weighted by Gasteiger charge is -2.26. The Kier molecular flexibility index (Phi) is 3.55. The maximum atomic E-state index is 12.2. The maximum absolute atomic E-state index is 12.2. The first-order valence-corrected chi connectivity index (χ1v) is 6.78. The summed E-state index contributed by atoms with van der Waals surface area (Å²) in [4.78, 5) is 23.3. The first-order valence-electron chi connectivity index (χ1n) is 6.78. The summed E-state index contributed by atoms with van der Waals surface area (Å²) >= 11 is 0. The summed E-state index contributed by atoms with van der Waals surface area (Å²) in [5.41, 5.74) is 1.57. The zero-order chi connectivity index (χ0) is 15.7. The van der Waals surface area contributed by atoms with E-state index in [1.807, 2.05) is 0 Å². The molecule has 3 rings (SSSR count). The molecule has 1 aliphatic heterocycles. The second kappa shape index (κ2) is 5.52. The molecule has 0 aliphatic carbocycles. The fourth-order valence-corrected chi connectivity index (χ4v) is 2.54. The number of ether oxygens (including phenoxy) is 2. The number of fused-ring (bicyclic) bond motifs is 1. The van der Waals surface area contributed by atoms with Crippen LogP contribution < -0.4 is 9.47 Å². The van der Waals surface area contributed by atoms with Gasteiger partial charge in [0.1, 0.15) is 23.4 Å². The number of Topliss-reactive ketones (excluding diaryl/α,β-unsaturated/α-hetero) is 1. The molecular weight excluding hydrogens is 284 g/mol. The van der Waals surface area contributed by atoms with Gasteiger partial charge in [0.25, 0.3) is 0 Å². The van der Waals surface area contributed by atoms with Crippen LogP contribution in [-0.4, -0.2) is 24.3 Å². The fourth-order valence-electron chi connectivity index (χ4n) is 2.54. The number of aromatic hydroxyl groups is 1. The van der Waals surface area contributed by atoms with Crippen molar-refractivity contribution in [2.75, 3.05) is 7.11 Å². The van der Waals surface area contributed by atoms with E-state index in [1.165, 1.54) is 19.2 Å². The molecule has 0 amide bonds. The van der Waals surface area contributed by atoms with Crippen molar-refractivity contribution in [1.82, 2.24) is 0 Å². The average molecular weight is 298 g/mol. The van der Waals surface area contributed by atoms with E-state index in [-0.39, 0.29) is 18.0 Å². The Morgan fingerprint density at radius 3 is 2.82 bits per heavy atom. The number of hydrogen-bond acceptors (Lipinski definition) is 5. The molecule has 1 heterocycles. The van der Waals surface area contributed by atoms with Crippen molar-refractivity contribution in [3.8, 4) is 17.2 Å². The first kappa shape index (κ1) is 14.1. The Labute approximate surface area is 127 Å². The van der Waals surface area contributed by atoms with Crippen LogP contribution in [0.2, 0.25) is 0 Å². The summed E-state index contributed by atoms with van der Waals surface area (Å²) in [6, 6.07) is 9.51. The fraction of sp³-hybridized carbons (Fsp3) is 0.176. The van der Waals surface area contributed by atoms with Gasteiger partial charge in [-0.15, -0.1) is 0 Å². The van der Waals surface area contributed by atoms with E-state index in [4.69, 9.17) is 9.47 Å². The summed E-state index contributed by atoms with van der Waals surface area (Å²) in [6.45, 7) is 0. The van der Waals surface area contributed by atoms with Gasteiger partial charge in [0, 0.05) is 6.07 Å². The van der Waals surface area contributed by atoms with E-state index in [2.05, 4.69) is 0 Å². The lowest BCUT2D eigenvalue weighted by Crippen LogP contribution is -2.20. The third-order valence-corrected chi connectivity index (χ3v) is 3.66. The van der Waals surface area contributed by atoms with Crippen molar-refractivity contribution in [3.63, 3.8) is 0 Å². The molecular formula is C17H14O5. The predicted octanol–water partition coefficient (Wildman–Crippen LogP) is 2.92. The molecule has 22 heavy (non-hydrogen) atoms. The number of carbonyl (C=O) groups excluding carboxylic acids is 2. The predicted molar refractivity (Wildman–Crippen MR) is 78.8 cm³/mol. The van der Waals surface area contributed by atoms with Crippen LogP contribution in [0.3, 0.4) is 0 Å². The van der Waals surface area contributed by atoms with Crippen molar-refractivity contribution in [3.05, 3.63) is 53.1 Å². The van der Waals surface area contributed by atoms with Gasteiger partial charge in [0.2, 0.25) is 0 Å². The number of rotatable bonds is 3. The Hall–Kier alpha value is -2.82. The number of hydrogen-bond donors (Lipinski definition) is 1. The number of carbonyl (C=O) groups is 2. The Morgan fingerprint density at radius 1 is 1.27 bits per heavy atom. The molecule has 0 saturated heterocycles. The molecule has 0 unspecified atom stereocenters. The van der Waals surface area contributed by atoms with Gasteiger partial charge in [-0.25, -0.2) is 0 Å². The molecule has 0 aromatic heterocycles. The summed E-state index contributed by atoms with van der Waals surface area (Å²) in [6.07, 6.45) is 0.390. The minimum absolute atomic E-state index is 0.0375. The van der Waals surface area contributed by atoms with Gasteiger partial charge in [-0.05, 0) is 29.8 Å². The summed E-state index contributed by atoms with van der Waals surface area (Å²) in [7, 11) is 1.49. The number of benzene rings is 2. The van der Waals surface area contributed by atoms with Gasteiger partial charge in [-0.1, -0.05) is 6.07 Å². The zero-order valence-electron chi connectivity index (χ0n) is 11.9. The molecule has 0 saturated carbocycles. The van der Waals surface area contributed by atoms with Crippen molar-refractivity contribution in [1.29, 1.82) is 0 Å². The molecule has 112 valence electrons. The number of phenols is 1. The molecule has 0 spiro atoms. The largest absolute Gasteiger partial charge is 0.508 e. The highest BCUT2D eigenvalue weighted by Crippen LogP contribution is 2.37. The van der Waals surface area contributed by atoms with Crippen LogP contribution in [0.1, 0.15) is 38.8 Å². The molecule has 0 bridgehead atoms. The summed E-state index contributed by atoms with van der Waals surface area (Å²) in [5.74, 6) is 0.800. The third kappa shape index (κ3) is 2.41. The highest BCUT2D eigenvalue weighted by Gasteiger charge is 2.28. The molecule has 0 fully saturated rings. The second-order valence-electron chi connectivity index (χ2n) is 5.03. The maximum Gasteiger partial charge on any atom is 0.170 e. The minimum Gasteiger partial charge on any atom is -0.508 e. The van der Waals surface area contributed by atoms with Gasteiger partial charge in [0.05, 0.1) is 24.7 Å². The number of ketones is 1. The smallest absolute Gasteiger partial charge is 0.170 e. The van der Waals surface area contributed by atoms with E-state index in [9.17, 15) is 14.7 Å². The van der Waals surface area contributed by atoms with Crippen LogP contribution in [0.25, 0.3) is 0 Å². The lowest BCUT2D eigenvalue weighted by molar-refractivity contribution is 0.0849. The number of methoxy groups -OCH3 is 1. The van der Waals surface area contributed by atoms with Crippen molar-refractivity contribution in [2.45, 2.75) is 12.5 Å². The topological polar surface area (TPSA) is 72.8 Å². The van der Waals surface area contributed by atoms with Crippen LogP contribution in [0.4, 0.5) is 0 Å². The minimum atomic E-state index is -0.494. The van der Waals surface area contributed by atoms with E-state index in [0.717, 1.165) is 0 Å². The molecule has 0 radical (unpaired) electrons. The van der Waals surface area contributed by atoms with Crippen LogP contribution in [-0.2, 0) is 0 Å². The normalized spacial score (nSPS) is 16.6. The van der Waals surface area contributed by atoms with Crippen molar-refractivity contribution >= 4 is 12.1 Å². The zero-order valence-corrected chi connectivity index (χ0v) is 11.9. The van der Waals surface area contributed by atoms with E-state index in [0.29, 0.717) is 34.5 Å². The number of aldehydes is 1. The van der Waals surface area contributed by atoms with Crippen LogP contribution >= 0.6 is 0 Å². The van der Waals surface area contributed by atoms with Gasteiger partial charge in [0.15, 0.2) is 12.1 Å². The SMILES string of the molecule is COc1ccc([C@@H]2CC(=O)c3ccc(O)cc3O2)cc1C=O. The Bertz CT molecular complexity index is 751. The molecule has 5 heteroatoms. The molecule has 1 aliphatic rings. The van der Waals surface area contributed by atoms with Gasteiger partial charge in [-0.3, -0.25) is 9.59 Å². The standard InChI is InChI=1S/C17H14O5/c1-21-15-5-2-10(6-11(15)9-18)16-8-14(20)13-4-3-12(19)7-17(13)22-16/h2-7,9,16,19H,8H2,1H3/t16-/m0/s1. The van der Waals surface area contributed by atoms with Gasteiger partial charge < -0.3 is 14.6 Å². The van der Waals surface area contributed by atoms with Crippen LogP contribution in [0, 0.1) is 0 Å². The quantitative estimate of drug-likeness (QED) is 0.882. The van der Waals surface area contributed by atoms with E-state index < -0.39 is 6.10 Å². The van der Waals surface area contributed by atoms with Gasteiger partial charge in [-0.2, -0.15) is 0 Å². The van der Waals surface area contributed by atoms with Crippen molar-refractivity contribution in [2.24, 2.45) is 0 Å². The second-order valence-corrected chi connectivity index (χ2v) is 5.03. The highest BCUT2D eigenvalue weighted by atomic mass is 16.5. The molecule has 1 N–H and O–H groups in total. The summed E-state index contributed by atoms with van der Waals surface area (Å²) in [5, 5.41) is 9.53. The monoisotopic (exact) mass is 298 g/mol. The van der Waals surface area contributed by atoms with Crippen LogP contribution in [0.15, 0.2) is 36.4 Å². The molecule has 5 nitrogen and oxygen atoms in total.